The van der Waals surface area contributed by atoms with Gasteiger partial charge in [0.2, 0.25) is 0 Å². The van der Waals surface area contributed by atoms with E-state index in [0.717, 1.165) is 22.6 Å². The minimum absolute atomic E-state index is 0.137. The summed E-state index contributed by atoms with van der Waals surface area (Å²) in [5, 5.41) is 9.76. The first kappa shape index (κ1) is 22.4. The lowest BCUT2D eigenvalue weighted by molar-refractivity contribution is -0.122. The number of carboxylic acids is 1. The van der Waals surface area contributed by atoms with Crippen molar-refractivity contribution in [2.45, 2.75) is 6.54 Å². The molecule has 1 saturated heterocycles. The molecule has 4 aromatic rings. The lowest BCUT2D eigenvalue weighted by Crippen LogP contribution is -2.28. The number of para-hydroxylation sites is 1. The fourth-order valence-electron chi connectivity index (χ4n) is 3.66. The molecular formula is C27H20N4O3S. The van der Waals surface area contributed by atoms with Crippen molar-refractivity contribution in [3.05, 3.63) is 119 Å². The van der Waals surface area contributed by atoms with Crippen LogP contribution in [0.1, 0.15) is 21.6 Å². The third-order valence-corrected chi connectivity index (χ3v) is 6.39. The molecule has 5 rings (SSSR count). The summed E-state index contributed by atoms with van der Waals surface area (Å²) in [4.78, 5) is 35.8. The van der Waals surface area contributed by atoms with Crippen molar-refractivity contribution in [1.29, 1.82) is 0 Å². The van der Waals surface area contributed by atoms with Crippen LogP contribution in [0.3, 0.4) is 0 Å². The molecule has 0 atom stereocenters. The van der Waals surface area contributed by atoms with Gasteiger partial charge in [0, 0.05) is 30.0 Å². The molecule has 35 heavy (non-hydrogen) atoms. The number of carboxylic acid groups (broad SMARTS) is 1. The van der Waals surface area contributed by atoms with Gasteiger partial charge in [-0.25, -0.2) is 9.79 Å². The molecule has 8 heteroatoms. The summed E-state index contributed by atoms with van der Waals surface area (Å²) in [7, 11) is 0. The number of aromatic carboxylic acids is 1. The van der Waals surface area contributed by atoms with Crippen LogP contribution in [0.4, 0.5) is 5.69 Å². The smallest absolute Gasteiger partial charge is 0.335 e. The first-order valence-corrected chi connectivity index (χ1v) is 11.7. The van der Waals surface area contributed by atoms with Crippen LogP contribution in [-0.2, 0) is 11.3 Å². The van der Waals surface area contributed by atoms with E-state index in [1.807, 2.05) is 71.4 Å². The molecule has 7 nitrogen and oxygen atoms in total. The Hall–Kier alpha value is -4.43. The summed E-state index contributed by atoms with van der Waals surface area (Å²) in [6, 6.07) is 23.7. The van der Waals surface area contributed by atoms with Crippen molar-refractivity contribution in [2.24, 2.45) is 4.99 Å². The molecule has 0 saturated carbocycles. The molecule has 1 aliphatic heterocycles. The number of carbonyl (C=O) groups is 2. The zero-order valence-corrected chi connectivity index (χ0v) is 19.3. The van der Waals surface area contributed by atoms with Gasteiger partial charge in [-0.1, -0.05) is 24.3 Å². The van der Waals surface area contributed by atoms with E-state index in [4.69, 9.17) is 10.1 Å². The van der Waals surface area contributed by atoms with Crippen LogP contribution >= 0.6 is 11.8 Å². The monoisotopic (exact) mass is 480 g/mol. The van der Waals surface area contributed by atoms with Crippen LogP contribution in [0.5, 0.6) is 0 Å². The zero-order valence-electron chi connectivity index (χ0n) is 18.5. The first-order valence-electron chi connectivity index (χ1n) is 10.8. The normalized spacial score (nSPS) is 15.8. The maximum Gasteiger partial charge on any atom is 0.335 e. The van der Waals surface area contributed by atoms with Crippen LogP contribution in [0.15, 0.2) is 107 Å². The number of benzene rings is 2. The zero-order chi connectivity index (χ0) is 24.2. The van der Waals surface area contributed by atoms with E-state index >= 15 is 0 Å². The molecule has 0 spiro atoms. The number of aliphatic imine (C=N–C) groups is 1. The van der Waals surface area contributed by atoms with Crippen LogP contribution < -0.4 is 0 Å². The number of carbonyl (C=O) groups excluding carboxylic acids is 1. The van der Waals surface area contributed by atoms with E-state index in [-0.39, 0.29) is 11.5 Å². The Morgan fingerprint density at radius 3 is 2.51 bits per heavy atom. The fourth-order valence-corrected chi connectivity index (χ4v) is 4.65. The van der Waals surface area contributed by atoms with Gasteiger partial charge in [0.1, 0.15) is 0 Å². The molecule has 3 heterocycles. The molecule has 1 N–H and O–H groups in total. The van der Waals surface area contributed by atoms with E-state index in [0.29, 0.717) is 16.6 Å². The average Bonchev–Trinajstić information content (AvgIpc) is 3.46. The van der Waals surface area contributed by atoms with E-state index in [1.54, 1.807) is 41.6 Å². The van der Waals surface area contributed by atoms with E-state index in [9.17, 15) is 9.59 Å². The number of hydrogen-bond donors (Lipinski definition) is 1. The van der Waals surface area contributed by atoms with Crippen molar-refractivity contribution in [1.82, 2.24) is 14.5 Å². The quantitative estimate of drug-likeness (QED) is 0.375. The predicted molar refractivity (Wildman–Crippen MR) is 137 cm³/mol. The Balaban J connectivity index is 1.49. The van der Waals surface area contributed by atoms with Crippen LogP contribution in [0.25, 0.3) is 11.8 Å². The maximum atomic E-state index is 13.5. The lowest BCUT2D eigenvalue weighted by Gasteiger charge is -2.15. The minimum atomic E-state index is -0.974. The van der Waals surface area contributed by atoms with Crippen LogP contribution in [0.2, 0.25) is 0 Å². The van der Waals surface area contributed by atoms with Gasteiger partial charge in [0.15, 0.2) is 5.17 Å². The fraction of sp³-hybridized carbons (Fsp3) is 0.0370. The van der Waals surface area contributed by atoms with Gasteiger partial charge in [0.05, 0.1) is 22.7 Å². The summed E-state index contributed by atoms with van der Waals surface area (Å²) in [6.45, 7) is 0.361. The van der Waals surface area contributed by atoms with Gasteiger partial charge in [-0.05, 0) is 78.0 Å². The van der Waals surface area contributed by atoms with Crippen molar-refractivity contribution in [2.75, 3.05) is 0 Å². The van der Waals surface area contributed by atoms with Crippen molar-refractivity contribution < 1.29 is 14.7 Å². The highest BCUT2D eigenvalue weighted by atomic mass is 32.2. The molecule has 1 aliphatic rings. The molecule has 0 aliphatic carbocycles. The summed E-state index contributed by atoms with van der Waals surface area (Å²) >= 11 is 1.33. The van der Waals surface area contributed by atoms with Gasteiger partial charge in [0.25, 0.3) is 5.91 Å². The van der Waals surface area contributed by atoms with Gasteiger partial charge in [-0.2, -0.15) is 0 Å². The number of amides is 1. The summed E-state index contributed by atoms with van der Waals surface area (Å²) < 4.78 is 1.91. The maximum absolute atomic E-state index is 13.5. The molecule has 0 radical (unpaired) electrons. The average molecular weight is 481 g/mol. The molecule has 0 unspecified atom stereocenters. The van der Waals surface area contributed by atoms with Gasteiger partial charge >= 0.3 is 5.97 Å². The third kappa shape index (κ3) is 4.92. The highest BCUT2D eigenvalue weighted by Gasteiger charge is 2.33. The highest BCUT2D eigenvalue weighted by Crippen LogP contribution is 2.35. The number of thioether (sulfide) groups is 1. The van der Waals surface area contributed by atoms with Crippen LogP contribution in [0, 0.1) is 0 Å². The van der Waals surface area contributed by atoms with Gasteiger partial charge < -0.3 is 9.67 Å². The number of rotatable bonds is 6. The number of pyridine rings is 1. The van der Waals surface area contributed by atoms with Crippen molar-refractivity contribution >= 4 is 40.6 Å². The Kier molecular flexibility index (Phi) is 6.28. The van der Waals surface area contributed by atoms with Crippen molar-refractivity contribution in [3.8, 4) is 5.69 Å². The standard InChI is InChI=1S/C27H20N4O3S/c32-25-24(16-23-9-5-15-30(23)22-12-10-20(11-13-22)26(33)34)35-27(29-21-7-2-1-3-8-21)31(25)18-19-6-4-14-28-17-19/h1-17H,18H2,(H,33,34)/b24-16-,29-27?. The number of amidine groups is 1. The summed E-state index contributed by atoms with van der Waals surface area (Å²) in [6.07, 6.45) is 7.15. The number of hydrogen-bond acceptors (Lipinski definition) is 5. The molecule has 172 valence electrons. The molecule has 1 fully saturated rings. The predicted octanol–water partition coefficient (Wildman–Crippen LogP) is 5.37. The second kappa shape index (κ2) is 9.82. The topological polar surface area (TPSA) is 87.8 Å². The second-order valence-electron chi connectivity index (χ2n) is 7.75. The van der Waals surface area contributed by atoms with Crippen LogP contribution in [-0.4, -0.2) is 36.6 Å². The Labute approximate surface area is 206 Å². The van der Waals surface area contributed by atoms with E-state index in [1.165, 1.54) is 11.8 Å². The highest BCUT2D eigenvalue weighted by molar-refractivity contribution is 8.18. The lowest BCUT2D eigenvalue weighted by atomic mass is 10.2. The Bertz CT molecular complexity index is 1430. The van der Waals surface area contributed by atoms with E-state index < -0.39 is 5.97 Å². The molecule has 0 bridgehead atoms. The summed E-state index contributed by atoms with van der Waals surface area (Å²) in [5.41, 5.74) is 3.49. The molecule has 2 aromatic heterocycles. The number of nitrogens with zero attached hydrogens (tertiary/aromatic N) is 4. The minimum Gasteiger partial charge on any atom is -0.478 e. The first-order chi connectivity index (χ1) is 17.1. The largest absolute Gasteiger partial charge is 0.478 e. The molecule has 1 amide bonds. The van der Waals surface area contributed by atoms with Gasteiger partial charge in [-0.3, -0.25) is 14.7 Å². The third-order valence-electron chi connectivity index (χ3n) is 5.38. The Morgan fingerprint density at radius 2 is 1.80 bits per heavy atom. The van der Waals surface area contributed by atoms with Crippen molar-refractivity contribution in [3.63, 3.8) is 0 Å². The van der Waals surface area contributed by atoms with E-state index in [2.05, 4.69) is 4.98 Å². The Morgan fingerprint density at radius 1 is 1.00 bits per heavy atom. The van der Waals surface area contributed by atoms with Gasteiger partial charge in [-0.15, -0.1) is 0 Å². The molecular weight excluding hydrogens is 460 g/mol. The SMILES string of the molecule is O=C(O)c1ccc(-n2cccc2/C=C2\SC(=Nc3ccccc3)N(Cc3cccnc3)C2=O)cc1. The summed E-state index contributed by atoms with van der Waals surface area (Å²) in [5.74, 6) is -1.11. The number of aromatic nitrogens is 2. The second-order valence-corrected chi connectivity index (χ2v) is 8.76. The molecule has 2 aromatic carbocycles.